The number of hydrogen-bond donors (Lipinski definition) is 1. The summed E-state index contributed by atoms with van der Waals surface area (Å²) in [7, 11) is 0. The van der Waals surface area contributed by atoms with Crippen molar-refractivity contribution in [3.05, 3.63) is 48.5 Å². The lowest BCUT2D eigenvalue weighted by Gasteiger charge is -2.18. The summed E-state index contributed by atoms with van der Waals surface area (Å²) in [4.78, 5) is 16.1. The molecule has 2 aromatic rings. The molecule has 1 amide bonds. The van der Waals surface area contributed by atoms with Crippen LogP contribution in [0.5, 0.6) is 5.75 Å². The van der Waals surface area contributed by atoms with Crippen molar-refractivity contribution in [2.75, 3.05) is 6.54 Å². The molecule has 1 aromatic heterocycles. The van der Waals surface area contributed by atoms with Gasteiger partial charge in [-0.05, 0) is 30.9 Å². The van der Waals surface area contributed by atoms with Crippen LogP contribution in [0.3, 0.4) is 0 Å². The van der Waals surface area contributed by atoms with E-state index in [4.69, 9.17) is 4.74 Å². The van der Waals surface area contributed by atoms with E-state index >= 15 is 0 Å². The smallest absolute Gasteiger partial charge is 0.260 e. The van der Waals surface area contributed by atoms with E-state index in [1.54, 1.807) is 19.4 Å². The van der Waals surface area contributed by atoms with Crippen molar-refractivity contribution in [1.82, 2.24) is 14.9 Å². The maximum absolute atomic E-state index is 12.1. The molecule has 0 aliphatic carbocycles. The van der Waals surface area contributed by atoms with Crippen LogP contribution in [0.2, 0.25) is 0 Å². The summed E-state index contributed by atoms with van der Waals surface area (Å²) < 4.78 is 7.84. The second-order valence-electron chi connectivity index (χ2n) is 5.90. The molecule has 0 radical (unpaired) electrons. The van der Waals surface area contributed by atoms with Crippen molar-refractivity contribution in [3.8, 4) is 5.75 Å². The van der Waals surface area contributed by atoms with Crippen LogP contribution in [0.25, 0.3) is 0 Å². The number of carbonyl (C=O) groups excluding carboxylic acids is 1. The fraction of sp³-hybridized carbons (Fsp3) is 0.444. The minimum Gasteiger partial charge on any atom is -0.481 e. The van der Waals surface area contributed by atoms with Gasteiger partial charge in [0.2, 0.25) is 0 Å². The summed E-state index contributed by atoms with van der Waals surface area (Å²) in [5.74, 6) is 1.05. The molecule has 0 saturated heterocycles. The Morgan fingerprint density at radius 2 is 2.09 bits per heavy atom. The van der Waals surface area contributed by atoms with E-state index in [0.29, 0.717) is 12.5 Å². The van der Waals surface area contributed by atoms with Crippen molar-refractivity contribution < 1.29 is 9.53 Å². The number of carbonyl (C=O) groups is 1. The van der Waals surface area contributed by atoms with Gasteiger partial charge < -0.3 is 14.6 Å². The van der Waals surface area contributed by atoms with Gasteiger partial charge >= 0.3 is 0 Å². The van der Waals surface area contributed by atoms with Gasteiger partial charge in [-0.15, -0.1) is 0 Å². The first-order valence-corrected chi connectivity index (χ1v) is 8.07. The zero-order valence-electron chi connectivity index (χ0n) is 14.0. The number of amides is 1. The molecule has 5 nitrogen and oxygen atoms in total. The van der Waals surface area contributed by atoms with Crippen molar-refractivity contribution in [2.24, 2.45) is 0 Å². The molecule has 0 bridgehead atoms. The van der Waals surface area contributed by atoms with Crippen LogP contribution in [0.1, 0.15) is 38.7 Å². The predicted molar refractivity (Wildman–Crippen MR) is 90.5 cm³/mol. The Morgan fingerprint density at radius 1 is 1.30 bits per heavy atom. The predicted octanol–water partition coefficient (Wildman–Crippen LogP) is 2.98. The minimum absolute atomic E-state index is 0.0887. The third-order valence-electron chi connectivity index (χ3n) is 3.67. The van der Waals surface area contributed by atoms with E-state index in [0.717, 1.165) is 24.3 Å². The zero-order valence-corrected chi connectivity index (χ0v) is 14.0. The first-order chi connectivity index (χ1) is 11.1. The number of aromatic nitrogens is 2. The maximum atomic E-state index is 12.1. The number of nitrogens with one attached hydrogen (secondary N) is 1. The maximum Gasteiger partial charge on any atom is 0.260 e. The lowest BCUT2D eigenvalue weighted by atomic mass is 10.0. The average molecular weight is 315 g/mol. The van der Waals surface area contributed by atoms with E-state index in [9.17, 15) is 4.79 Å². The Morgan fingerprint density at radius 3 is 2.78 bits per heavy atom. The van der Waals surface area contributed by atoms with Crippen molar-refractivity contribution in [3.63, 3.8) is 0 Å². The molecule has 0 aliphatic heterocycles. The molecule has 0 unspecified atom stereocenters. The Labute approximate surface area is 137 Å². The van der Waals surface area contributed by atoms with Crippen LogP contribution in [0, 0.1) is 0 Å². The van der Waals surface area contributed by atoms with Gasteiger partial charge in [-0.2, -0.15) is 0 Å². The van der Waals surface area contributed by atoms with Gasteiger partial charge in [-0.25, -0.2) is 4.98 Å². The molecule has 0 fully saturated rings. The third kappa shape index (κ3) is 5.13. The number of hydrogen-bond acceptors (Lipinski definition) is 3. The number of nitrogens with zero attached hydrogens (tertiary/aromatic N) is 2. The van der Waals surface area contributed by atoms with Crippen molar-refractivity contribution >= 4 is 5.91 Å². The van der Waals surface area contributed by atoms with Gasteiger partial charge in [0, 0.05) is 25.5 Å². The molecule has 0 aliphatic rings. The highest BCUT2D eigenvalue weighted by atomic mass is 16.5. The normalized spacial score (nSPS) is 12.2. The molecule has 23 heavy (non-hydrogen) atoms. The van der Waals surface area contributed by atoms with Crippen LogP contribution < -0.4 is 10.1 Å². The average Bonchev–Trinajstić information content (AvgIpc) is 3.05. The summed E-state index contributed by atoms with van der Waals surface area (Å²) in [6.07, 6.45) is 5.79. The zero-order chi connectivity index (χ0) is 16.7. The number of aryl methyl sites for hydroxylation is 1. The molecule has 0 saturated carbocycles. The SMILES string of the molecule is CC(C)c1ccccc1O[C@H](C)C(=O)NCCCn1ccnc1. The Bertz CT molecular complexity index is 608. The fourth-order valence-electron chi connectivity index (χ4n) is 2.34. The van der Waals surface area contributed by atoms with Crippen LogP contribution in [-0.4, -0.2) is 28.1 Å². The van der Waals surface area contributed by atoms with E-state index in [2.05, 4.69) is 24.1 Å². The van der Waals surface area contributed by atoms with E-state index in [1.807, 2.05) is 35.0 Å². The van der Waals surface area contributed by atoms with Crippen LogP contribution in [0.4, 0.5) is 0 Å². The molecule has 5 heteroatoms. The Hall–Kier alpha value is -2.30. The molecule has 1 atom stereocenters. The van der Waals surface area contributed by atoms with Gasteiger partial charge in [0.15, 0.2) is 6.10 Å². The summed E-state index contributed by atoms with van der Waals surface area (Å²) in [6, 6.07) is 7.87. The number of para-hydroxylation sites is 1. The van der Waals surface area contributed by atoms with Gasteiger partial charge in [0.05, 0.1) is 6.33 Å². The van der Waals surface area contributed by atoms with Crippen molar-refractivity contribution in [2.45, 2.75) is 45.8 Å². The Kier molecular flexibility index (Phi) is 6.20. The monoisotopic (exact) mass is 315 g/mol. The molecule has 1 aromatic carbocycles. The summed E-state index contributed by atoms with van der Waals surface area (Å²) in [6.45, 7) is 7.47. The lowest BCUT2D eigenvalue weighted by Crippen LogP contribution is -2.37. The molecule has 124 valence electrons. The number of rotatable bonds is 8. The first kappa shape index (κ1) is 17.1. The van der Waals surface area contributed by atoms with Gasteiger partial charge in [0.25, 0.3) is 5.91 Å². The standard InChI is InChI=1S/C18H25N3O2/c1-14(2)16-7-4-5-8-17(16)23-15(3)18(22)20-9-6-11-21-12-10-19-13-21/h4-5,7-8,10,12-15H,6,9,11H2,1-3H3,(H,20,22)/t15-/m1/s1. The second kappa shape index (κ2) is 8.36. The summed E-state index contributed by atoms with van der Waals surface area (Å²) >= 11 is 0. The molecular weight excluding hydrogens is 290 g/mol. The van der Waals surface area contributed by atoms with Crippen molar-refractivity contribution in [1.29, 1.82) is 0 Å². The van der Waals surface area contributed by atoms with Crippen LogP contribution >= 0.6 is 0 Å². The largest absolute Gasteiger partial charge is 0.481 e. The molecule has 1 heterocycles. The molecule has 0 spiro atoms. The lowest BCUT2D eigenvalue weighted by molar-refractivity contribution is -0.127. The van der Waals surface area contributed by atoms with Gasteiger partial charge in [0.1, 0.15) is 5.75 Å². The highest BCUT2D eigenvalue weighted by Gasteiger charge is 2.16. The van der Waals surface area contributed by atoms with Crippen LogP contribution in [-0.2, 0) is 11.3 Å². The van der Waals surface area contributed by atoms with E-state index in [-0.39, 0.29) is 5.91 Å². The number of benzene rings is 1. The number of ether oxygens (including phenoxy) is 1. The highest BCUT2D eigenvalue weighted by molar-refractivity contribution is 5.80. The molecule has 1 N–H and O–H groups in total. The molecule has 2 rings (SSSR count). The molecular formula is C18H25N3O2. The summed E-state index contributed by atoms with van der Waals surface area (Å²) in [5.41, 5.74) is 1.12. The Balaban J connectivity index is 1.78. The summed E-state index contributed by atoms with van der Waals surface area (Å²) in [5, 5.41) is 2.92. The highest BCUT2D eigenvalue weighted by Crippen LogP contribution is 2.26. The third-order valence-corrected chi connectivity index (χ3v) is 3.67. The topological polar surface area (TPSA) is 56.1 Å². The van der Waals surface area contributed by atoms with Gasteiger partial charge in [-0.3, -0.25) is 4.79 Å². The van der Waals surface area contributed by atoms with Gasteiger partial charge in [-0.1, -0.05) is 32.0 Å². The fourth-order valence-corrected chi connectivity index (χ4v) is 2.34. The second-order valence-corrected chi connectivity index (χ2v) is 5.90. The quantitative estimate of drug-likeness (QED) is 0.762. The minimum atomic E-state index is -0.511. The first-order valence-electron chi connectivity index (χ1n) is 8.07. The number of imidazole rings is 1. The van der Waals surface area contributed by atoms with Crippen LogP contribution in [0.15, 0.2) is 43.0 Å². The van der Waals surface area contributed by atoms with E-state index in [1.165, 1.54) is 0 Å². The van der Waals surface area contributed by atoms with E-state index < -0.39 is 6.10 Å².